The van der Waals surface area contributed by atoms with Crippen LogP contribution >= 0.6 is 28.6 Å². The molecule has 1 aromatic heterocycles. The molecule has 1 heterocycles. The Morgan fingerprint density at radius 3 is 2.76 bits per heavy atom. The predicted molar refractivity (Wildman–Crippen MR) is 75.6 cm³/mol. The second kappa shape index (κ2) is 5.14. The van der Waals surface area contributed by atoms with Crippen LogP contribution in [0.5, 0.6) is 5.75 Å². The first-order valence-corrected chi connectivity index (χ1v) is 6.56. The lowest BCUT2D eigenvalue weighted by Crippen LogP contribution is -1.96. The molecule has 1 aromatic carbocycles. The third kappa shape index (κ3) is 2.50. The van der Waals surface area contributed by atoms with Crippen LogP contribution in [0.2, 0.25) is 0 Å². The fraction of sp³-hybridized carbons (Fsp3) is 0.250. The highest BCUT2D eigenvalue weighted by Gasteiger charge is 2.12. The molecule has 0 saturated carbocycles. The van der Waals surface area contributed by atoms with E-state index >= 15 is 0 Å². The van der Waals surface area contributed by atoms with Crippen LogP contribution in [0.25, 0.3) is 11.3 Å². The minimum atomic E-state index is 0.629. The van der Waals surface area contributed by atoms with Crippen LogP contribution in [0.15, 0.2) is 28.7 Å². The van der Waals surface area contributed by atoms with Crippen molar-refractivity contribution in [1.29, 1.82) is 0 Å². The van der Waals surface area contributed by atoms with Gasteiger partial charge in [-0.1, -0.05) is 15.9 Å². The van der Waals surface area contributed by atoms with E-state index in [1.54, 1.807) is 7.11 Å². The second-order valence-corrected chi connectivity index (χ2v) is 4.88. The molecule has 0 saturated heterocycles. The molecule has 0 amide bonds. The van der Waals surface area contributed by atoms with E-state index in [1.165, 1.54) is 0 Å². The monoisotopic (exact) mass is 312 g/mol. The summed E-state index contributed by atoms with van der Waals surface area (Å²) in [5.74, 6) is 1.46. The van der Waals surface area contributed by atoms with Gasteiger partial charge in [0.2, 0.25) is 0 Å². The van der Waals surface area contributed by atoms with Crippen LogP contribution in [0.1, 0.15) is 5.69 Å². The van der Waals surface area contributed by atoms with Crippen molar-refractivity contribution < 1.29 is 4.74 Å². The molecule has 0 aliphatic heterocycles. The van der Waals surface area contributed by atoms with Crippen molar-refractivity contribution in [3.63, 3.8) is 0 Å². The maximum Gasteiger partial charge on any atom is 0.128 e. The van der Waals surface area contributed by atoms with Gasteiger partial charge in [0.15, 0.2) is 0 Å². The van der Waals surface area contributed by atoms with Crippen molar-refractivity contribution in [2.24, 2.45) is 7.05 Å². The molecule has 0 spiro atoms. The summed E-state index contributed by atoms with van der Waals surface area (Å²) in [6, 6.07) is 7.94. The van der Waals surface area contributed by atoms with Gasteiger partial charge >= 0.3 is 0 Å². The number of aromatic nitrogens is 2. The summed E-state index contributed by atoms with van der Waals surface area (Å²) in [7, 11) is 3.59. The number of nitrogens with zero attached hydrogens (tertiary/aromatic N) is 2. The number of aryl methyl sites for hydroxylation is 1. The maximum absolute atomic E-state index is 5.37. The number of methoxy groups -OCH3 is 1. The van der Waals surface area contributed by atoms with Crippen LogP contribution in [-0.4, -0.2) is 16.9 Å². The highest BCUT2D eigenvalue weighted by molar-refractivity contribution is 9.10. The Hall–Kier alpha value is -0.940. The highest BCUT2D eigenvalue weighted by atomic mass is 79.9. The molecule has 0 atom stereocenters. The number of hydrogen-bond acceptors (Lipinski definition) is 3. The predicted octanol–water partition coefficient (Wildman–Crippen LogP) is 3.29. The van der Waals surface area contributed by atoms with Crippen molar-refractivity contribution in [1.82, 2.24) is 9.78 Å². The van der Waals surface area contributed by atoms with Gasteiger partial charge in [-0.2, -0.15) is 17.7 Å². The summed E-state index contributed by atoms with van der Waals surface area (Å²) in [4.78, 5) is 0. The first-order valence-electron chi connectivity index (χ1n) is 5.13. The maximum atomic E-state index is 5.37. The molecular weight excluding hydrogens is 300 g/mol. The minimum absolute atomic E-state index is 0.629. The molecule has 0 bridgehead atoms. The molecule has 0 unspecified atom stereocenters. The Bertz CT molecular complexity index is 539. The Morgan fingerprint density at radius 2 is 2.18 bits per heavy atom. The van der Waals surface area contributed by atoms with E-state index in [0.29, 0.717) is 5.75 Å². The summed E-state index contributed by atoms with van der Waals surface area (Å²) in [5, 5.41) is 4.38. The Balaban J connectivity index is 2.58. The van der Waals surface area contributed by atoms with Crippen molar-refractivity contribution in [2.75, 3.05) is 7.11 Å². The first-order chi connectivity index (χ1) is 8.15. The Kier molecular flexibility index (Phi) is 3.79. The van der Waals surface area contributed by atoms with Crippen molar-refractivity contribution >= 4 is 28.6 Å². The van der Waals surface area contributed by atoms with Gasteiger partial charge in [-0.3, -0.25) is 4.68 Å². The number of benzene rings is 1. The number of halogens is 1. The van der Waals surface area contributed by atoms with Gasteiger partial charge in [0.25, 0.3) is 0 Å². The zero-order valence-corrected chi connectivity index (χ0v) is 12.1. The molecular formula is C12H13BrN2OS. The Morgan fingerprint density at radius 1 is 1.41 bits per heavy atom. The quantitative estimate of drug-likeness (QED) is 0.881. The largest absolute Gasteiger partial charge is 0.496 e. The fourth-order valence-corrected chi connectivity index (χ4v) is 2.25. The van der Waals surface area contributed by atoms with Crippen LogP contribution in [0, 0.1) is 0 Å². The fourth-order valence-electron chi connectivity index (χ4n) is 1.74. The van der Waals surface area contributed by atoms with E-state index in [-0.39, 0.29) is 0 Å². The van der Waals surface area contributed by atoms with Crippen molar-refractivity contribution in [2.45, 2.75) is 5.75 Å². The topological polar surface area (TPSA) is 27.1 Å². The Labute approximate surface area is 114 Å². The molecule has 2 rings (SSSR count). The number of rotatable bonds is 3. The average molecular weight is 313 g/mol. The smallest absolute Gasteiger partial charge is 0.128 e. The molecule has 0 fully saturated rings. The lowest BCUT2D eigenvalue weighted by Gasteiger charge is -2.08. The van der Waals surface area contributed by atoms with E-state index in [9.17, 15) is 0 Å². The molecule has 5 heteroatoms. The first kappa shape index (κ1) is 12.5. The van der Waals surface area contributed by atoms with Crippen LogP contribution in [-0.2, 0) is 12.8 Å². The van der Waals surface area contributed by atoms with Gasteiger partial charge < -0.3 is 4.74 Å². The molecule has 2 aromatic rings. The van der Waals surface area contributed by atoms with Gasteiger partial charge in [-0.25, -0.2) is 0 Å². The summed E-state index contributed by atoms with van der Waals surface area (Å²) in [6.45, 7) is 0. The second-order valence-electron chi connectivity index (χ2n) is 3.65. The molecule has 17 heavy (non-hydrogen) atoms. The van der Waals surface area contributed by atoms with Crippen LogP contribution in [0.4, 0.5) is 0 Å². The molecule has 0 N–H and O–H groups in total. The van der Waals surface area contributed by atoms with E-state index in [0.717, 1.165) is 27.2 Å². The molecule has 3 nitrogen and oxygen atoms in total. The van der Waals surface area contributed by atoms with E-state index in [4.69, 9.17) is 4.74 Å². The molecule has 0 radical (unpaired) electrons. The minimum Gasteiger partial charge on any atom is -0.496 e. The van der Waals surface area contributed by atoms with Gasteiger partial charge in [0.05, 0.1) is 18.5 Å². The highest BCUT2D eigenvalue weighted by Crippen LogP contribution is 2.32. The summed E-state index contributed by atoms with van der Waals surface area (Å²) in [6.07, 6.45) is 0. The zero-order valence-electron chi connectivity index (χ0n) is 9.64. The van der Waals surface area contributed by atoms with E-state index in [1.807, 2.05) is 36.0 Å². The summed E-state index contributed by atoms with van der Waals surface area (Å²) >= 11 is 7.71. The number of hydrogen-bond donors (Lipinski definition) is 1. The molecule has 0 aliphatic carbocycles. The molecule has 90 valence electrons. The van der Waals surface area contributed by atoms with Gasteiger partial charge in [-0.15, -0.1) is 0 Å². The van der Waals surface area contributed by atoms with Crippen molar-refractivity contribution in [3.8, 4) is 17.0 Å². The van der Waals surface area contributed by atoms with Crippen LogP contribution in [0.3, 0.4) is 0 Å². The number of ether oxygens (including phenoxy) is 1. The van der Waals surface area contributed by atoms with Gasteiger partial charge in [-0.05, 0) is 24.3 Å². The van der Waals surface area contributed by atoms with Gasteiger partial charge in [0.1, 0.15) is 5.75 Å². The van der Waals surface area contributed by atoms with E-state index < -0.39 is 0 Å². The summed E-state index contributed by atoms with van der Waals surface area (Å²) in [5.41, 5.74) is 2.99. The standard InChI is InChI=1S/C12H13BrN2OS/c1-15-11(6-9(7-17)14-15)10-5-8(13)3-4-12(10)16-2/h3-6,17H,7H2,1-2H3. The third-order valence-electron chi connectivity index (χ3n) is 2.53. The lowest BCUT2D eigenvalue weighted by atomic mass is 10.1. The normalized spacial score (nSPS) is 10.6. The van der Waals surface area contributed by atoms with E-state index in [2.05, 4.69) is 33.7 Å². The molecule has 0 aliphatic rings. The number of thiol groups is 1. The zero-order chi connectivity index (χ0) is 12.4. The average Bonchev–Trinajstić information content (AvgIpc) is 2.70. The SMILES string of the molecule is COc1ccc(Br)cc1-c1cc(CS)nn1C. The van der Waals surface area contributed by atoms with Crippen molar-refractivity contribution in [3.05, 3.63) is 34.4 Å². The van der Waals surface area contributed by atoms with Crippen LogP contribution < -0.4 is 4.74 Å². The third-order valence-corrected chi connectivity index (χ3v) is 3.35. The summed E-state index contributed by atoms with van der Waals surface area (Å²) < 4.78 is 8.23. The van der Waals surface area contributed by atoms with Gasteiger partial charge in [0, 0.05) is 22.8 Å². The lowest BCUT2D eigenvalue weighted by molar-refractivity contribution is 0.416.